The molecule has 2 N–H and O–H groups in total. The topological polar surface area (TPSA) is 57.5 Å². The van der Waals surface area contributed by atoms with Gasteiger partial charge in [0.2, 0.25) is 0 Å². The Morgan fingerprint density at radius 3 is 2.44 bits per heavy atom. The van der Waals surface area contributed by atoms with E-state index >= 15 is 0 Å². The molecule has 0 bridgehead atoms. The molecule has 0 saturated carbocycles. The summed E-state index contributed by atoms with van der Waals surface area (Å²) in [5.74, 6) is -1.14. The van der Waals surface area contributed by atoms with Crippen LogP contribution in [0.2, 0.25) is 0 Å². The second kappa shape index (κ2) is 4.06. The third-order valence-electron chi connectivity index (χ3n) is 2.44. The fourth-order valence-electron chi connectivity index (χ4n) is 1.70. The summed E-state index contributed by atoms with van der Waals surface area (Å²) in [6.07, 6.45) is 0.629. The number of hydrogen-bond acceptors (Lipinski definition) is 2. The molecule has 3 nitrogen and oxygen atoms in total. The molecule has 0 amide bonds. The van der Waals surface area contributed by atoms with Gasteiger partial charge in [-0.25, -0.2) is 4.79 Å². The van der Waals surface area contributed by atoms with Crippen LogP contribution in [0.3, 0.4) is 0 Å². The Hall–Kier alpha value is -2.29. The summed E-state index contributed by atoms with van der Waals surface area (Å²) in [5.41, 5.74) is 0.421. The molecule has 0 aliphatic rings. The molecule has 0 aliphatic carbocycles. The predicted molar refractivity (Wildman–Crippen MR) is 62.2 cm³/mol. The minimum absolute atomic E-state index is 0.100. The van der Waals surface area contributed by atoms with Gasteiger partial charge in [-0.2, -0.15) is 0 Å². The molecular weight excluding hydrogens is 204 g/mol. The van der Waals surface area contributed by atoms with E-state index in [1.165, 1.54) is 0 Å². The maximum atomic E-state index is 10.9. The normalized spacial score (nSPS) is 11.6. The SMILES string of the molecule is O=C(O)C(=CO)c1cccc2ccccc12. The minimum atomic E-state index is -1.14. The van der Waals surface area contributed by atoms with Crippen LogP contribution in [0, 0.1) is 0 Å². The molecule has 80 valence electrons. The van der Waals surface area contributed by atoms with Gasteiger partial charge < -0.3 is 10.2 Å². The first-order valence-electron chi connectivity index (χ1n) is 4.80. The highest BCUT2D eigenvalue weighted by Gasteiger charge is 2.12. The second-order valence-electron chi connectivity index (χ2n) is 3.37. The van der Waals surface area contributed by atoms with Crippen LogP contribution >= 0.6 is 0 Å². The first-order valence-corrected chi connectivity index (χ1v) is 4.80. The molecule has 16 heavy (non-hydrogen) atoms. The number of hydrogen-bond donors (Lipinski definition) is 2. The van der Waals surface area contributed by atoms with Gasteiger partial charge in [-0.05, 0) is 16.3 Å². The molecule has 0 heterocycles. The van der Waals surface area contributed by atoms with Crippen LogP contribution in [0.4, 0.5) is 0 Å². The highest BCUT2D eigenvalue weighted by molar-refractivity contribution is 6.18. The summed E-state index contributed by atoms with van der Waals surface area (Å²) in [4.78, 5) is 10.9. The van der Waals surface area contributed by atoms with E-state index in [-0.39, 0.29) is 5.57 Å². The average Bonchev–Trinajstić information content (AvgIpc) is 2.30. The number of carboxylic acids is 1. The van der Waals surface area contributed by atoms with Crippen LogP contribution in [-0.4, -0.2) is 16.2 Å². The molecule has 0 unspecified atom stereocenters. The summed E-state index contributed by atoms with van der Waals surface area (Å²) >= 11 is 0. The monoisotopic (exact) mass is 214 g/mol. The van der Waals surface area contributed by atoms with E-state index in [0.29, 0.717) is 11.8 Å². The van der Waals surface area contributed by atoms with E-state index in [0.717, 1.165) is 10.8 Å². The van der Waals surface area contributed by atoms with Gasteiger partial charge >= 0.3 is 5.97 Å². The van der Waals surface area contributed by atoms with E-state index in [1.807, 2.05) is 30.3 Å². The Kier molecular flexibility index (Phi) is 2.60. The van der Waals surface area contributed by atoms with Crippen molar-refractivity contribution in [1.82, 2.24) is 0 Å². The summed E-state index contributed by atoms with van der Waals surface area (Å²) in [7, 11) is 0. The fourth-order valence-corrected chi connectivity index (χ4v) is 1.70. The van der Waals surface area contributed by atoms with Gasteiger partial charge in [0.15, 0.2) is 0 Å². The van der Waals surface area contributed by atoms with Gasteiger partial charge in [0, 0.05) is 0 Å². The summed E-state index contributed by atoms with van der Waals surface area (Å²) in [6, 6.07) is 12.8. The molecule has 0 spiro atoms. The Balaban J connectivity index is 2.74. The van der Waals surface area contributed by atoms with Crippen molar-refractivity contribution in [3.05, 3.63) is 54.3 Å². The highest BCUT2D eigenvalue weighted by atomic mass is 16.4. The molecule has 0 fully saturated rings. The summed E-state index contributed by atoms with van der Waals surface area (Å²) in [5, 5.41) is 19.7. The Labute approximate surface area is 92.3 Å². The Morgan fingerprint density at radius 1 is 1.06 bits per heavy atom. The van der Waals surface area contributed by atoms with Crippen molar-refractivity contribution < 1.29 is 15.0 Å². The number of carboxylic acid groups (broad SMARTS) is 1. The zero-order valence-electron chi connectivity index (χ0n) is 8.42. The molecule has 3 heteroatoms. The second-order valence-corrected chi connectivity index (χ2v) is 3.37. The van der Waals surface area contributed by atoms with Crippen LogP contribution in [0.5, 0.6) is 0 Å². The van der Waals surface area contributed by atoms with Crippen molar-refractivity contribution in [2.45, 2.75) is 0 Å². The number of fused-ring (bicyclic) bond motifs is 1. The van der Waals surface area contributed by atoms with E-state index in [9.17, 15) is 4.79 Å². The zero-order chi connectivity index (χ0) is 11.5. The van der Waals surface area contributed by atoms with Gasteiger partial charge in [0.1, 0.15) is 5.57 Å². The van der Waals surface area contributed by atoms with Crippen molar-refractivity contribution in [3.8, 4) is 0 Å². The third kappa shape index (κ3) is 1.63. The predicted octanol–water partition coefficient (Wildman–Crippen LogP) is 2.82. The first-order chi connectivity index (χ1) is 7.74. The number of benzene rings is 2. The number of carbonyl (C=O) groups is 1. The van der Waals surface area contributed by atoms with Gasteiger partial charge in [-0.3, -0.25) is 0 Å². The molecule has 0 aromatic heterocycles. The number of rotatable bonds is 2. The maximum Gasteiger partial charge on any atom is 0.339 e. The first kappa shape index (κ1) is 10.2. The van der Waals surface area contributed by atoms with E-state index in [2.05, 4.69) is 0 Å². The smallest absolute Gasteiger partial charge is 0.339 e. The van der Waals surface area contributed by atoms with Gasteiger partial charge in [-0.1, -0.05) is 42.5 Å². The van der Waals surface area contributed by atoms with Crippen molar-refractivity contribution in [1.29, 1.82) is 0 Å². The molecule has 2 aromatic carbocycles. The molecular formula is C13H10O3. The number of aliphatic hydroxyl groups excluding tert-OH is 1. The van der Waals surface area contributed by atoms with E-state index < -0.39 is 5.97 Å². The van der Waals surface area contributed by atoms with Crippen LogP contribution < -0.4 is 0 Å². The molecule has 0 radical (unpaired) electrons. The van der Waals surface area contributed by atoms with Gasteiger partial charge in [-0.15, -0.1) is 0 Å². The molecule has 2 aromatic rings. The highest BCUT2D eigenvalue weighted by Crippen LogP contribution is 2.24. The molecule has 0 atom stereocenters. The van der Waals surface area contributed by atoms with E-state index in [4.69, 9.17) is 10.2 Å². The lowest BCUT2D eigenvalue weighted by molar-refractivity contribution is -0.130. The van der Waals surface area contributed by atoms with E-state index in [1.54, 1.807) is 12.1 Å². The van der Waals surface area contributed by atoms with Crippen LogP contribution in [0.1, 0.15) is 5.56 Å². The van der Waals surface area contributed by atoms with Crippen molar-refractivity contribution in [3.63, 3.8) is 0 Å². The van der Waals surface area contributed by atoms with Crippen LogP contribution in [0.25, 0.3) is 16.3 Å². The lowest BCUT2D eigenvalue weighted by Crippen LogP contribution is -2.00. The van der Waals surface area contributed by atoms with Gasteiger partial charge in [0.25, 0.3) is 0 Å². The number of aliphatic hydroxyl groups is 1. The van der Waals surface area contributed by atoms with Crippen molar-refractivity contribution >= 4 is 22.3 Å². The van der Waals surface area contributed by atoms with Crippen molar-refractivity contribution in [2.24, 2.45) is 0 Å². The summed E-state index contributed by atoms with van der Waals surface area (Å²) in [6.45, 7) is 0. The Morgan fingerprint density at radius 2 is 1.75 bits per heavy atom. The van der Waals surface area contributed by atoms with Crippen LogP contribution in [0.15, 0.2) is 48.7 Å². The fraction of sp³-hybridized carbons (Fsp3) is 0. The zero-order valence-corrected chi connectivity index (χ0v) is 8.42. The lowest BCUT2D eigenvalue weighted by atomic mass is 9.99. The molecule has 0 saturated heterocycles. The maximum absolute atomic E-state index is 10.9. The molecule has 2 rings (SSSR count). The third-order valence-corrected chi connectivity index (χ3v) is 2.44. The van der Waals surface area contributed by atoms with Crippen LogP contribution in [-0.2, 0) is 4.79 Å². The largest absolute Gasteiger partial charge is 0.515 e. The lowest BCUT2D eigenvalue weighted by Gasteiger charge is -2.05. The Bertz CT molecular complexity index is 565. The quantitative estimate of drug-likeness (QED) is 0.597. The van der Waals surface area contributed by atoms with Gasteiger partial charge in [0.05, 0.1) is 6.26 Å². The minimum Gasteiger partial charge on any atom is -0.515 e. The average molecular weight is 214 g/mol. The summed E-state index contributed by atoms with van der Waals surface area (Å²) < 4.78 is 0. The number of aliphatic carboxylic acids is 1. The molecule has 0 aliphatic heterocycles. The standard InChI is InChI=1S/C13H10O3/c14-8-12(13(15)16)11-7-3-5-9-4-1-2-6-10(9)11/h1-8,14H,(H,15,16). The van der Waals surface area contributed by atoms with Crippen molar-refractivity contribution in [2.75, 3.05) is 0 Å².